The molecule has 1 aliphatic heterocycles. The second-order valence-corrected chi connectivity index (χ2v) is 4.43. The highest BCUT2D eigenvalue weighted by atomic mass is 16.3. The van der Waals surface area contributed by atoms with Crippen LogP contribution in [0.3, 0.4) is 0 Å². The summed E-state index contributed by atoms with van der Waals surface area (Å²) in [5, 5.41) is 17.8. The Morgan fingerprint density at radius 3 is 3.00 bits per heavy atom. The molecule has 4 heteroatoms. The topological polar surface area (TPSA) is 50.9 Å². The molecular formula is C10H17N3O. The van der Waals surface area contributed by atoms with Crippen molar-refractivity contribution < 1.29 is 5.11 Å². The van der Waals surface area contributed by atoms with Gasteiger partial charge in [-0.3, -0.25) is 0 Å². The lowest BCUT2D eigenvalue weighted by Crippen LogP contribution is -2.24. The molecule has 1 aliphatic rings. The molecule has 0 bridgehead atoms. The number of rotatable bonds is 2. The fourth-order valence-electron chi connectivity index (χ4n) is 1.89. The van der Waals surface area contributed by atoms with E-state index in [1.807, 2.05) is 0 Å². The number of hydrogen-bond donors (Lipinski definition) is 1. The highest BCUT2D eigenvalue weighted by Gasteiger charge is 2.21. The van der Waals surface area contributed by atoms with Gasteiger partial charge in [-0.2, -0.15) is 0 Å². The van der Waals surface area contributed by atoms with E-state index >= 15 is 0 Å². The van der Waals surface area contributed by atoms with Gasteiger partial charge in [0.1, 0.15) is 11.6 Å². The van der Waals surface area contributed by atoms with Gasteiger partial charge in [-0.1, -0.05) is 13.8 Å². The number of aliphatic hydroxyl groups is 1. The van der Waals surface area contributed by atoms with Crippen LogP contribution in [-0.2, 0) is 19.4 Å². The molecule has 1 aromatic heterocycles. The zero-order valence-electron chi connectivity index (χ0n) is 8.77. The van der Waals surface area contributed by atoms with Crippen LogP contribution in [0.1, 0.15) is 31.9 Å². The Morgan fingerprint density at radius 2 is 2.29 bits per heavy atom. The van der Waals surface area contributed by atoms with E-state index in [0.717, 1.165) is 31.0 Å². The molecule has 0 aliphatic carbocycles. The molecule has 14 heavy (non-hydrogen) atoms. The quantitative estimate of drug-likeness (QED) is 0.758. The molecule has 1 atom stereocenters. The van der Waals surface area contributed by atoms with E-state index in [-0.39, 0.29) is 6.10 Å². The molecule has 4 nitrogen and oxygen atoms in total. The molecular weight excluding hydrogens is 178 g/mol. The van der Waals surface area contributed by atoms with E-state index in [0.29, 0.717) is 12.3 Å². The Bertz CT molecular complexity index is 319. The van der Waals surface area contributed by atoms with Crippen molar-refractivity contribution in [3.05, 3.63) is 11.6 Å². The standard InChI is InChI=1S/C10H17N3O/c1-7(2)5-9-11-12-10-6-8(14)3-4-13(9)10/h7-8,14H,3-6H2,1-2H3. The predicted octanol–water partition coefficient (Wildman–Crippen LogP) is 0.784. The normalized spacial score (nSPS) is 21.3. The molecule has 1 aromatic rings. The minimum Gasteiger partial charge on any atom is -0.393 e. The van der Waals surface area contributed by atoms with Gasteiger partial charge in [-0.15, -0.1) is 10.2 Å². The third kappa shape index (κ3) is 1.80. The van der Waals surface area contributed by atoms with Crippen molar-refractivity contribution in [2.45, 2.75) is 45.8 Å². The van der Waals surface area contributed by atoms with Gasteiger partial charge in [0.15, 0.2) is 0 Å². The van der Waals surface area contributed by atoms with Gasteiger partial charge in [-0.25, -0.2) is 0 Å². The Morgan fingerprint density at radius 1 is 1.50 bits per heavy atom. The lowest BCUT2D eigenvalue weighted by atomic mass is 10.1. The van der Waals surface area contributed by atoms with Crippen LogP contribution >= 0.6 is 0 Å². The number of hydrogen-bond acceptors (Lipinski definition) is 3. The van der Waals surface area contributed by atoms with Gasteiger partial charge in [0.2, 0.25) is 0 Å². The monoisotopic (exact) mass is 195 g/mol. The van der Waals surface area contributed by atoms with Crippen molar-refractivity contribution in [1.82, 2.24) is 14.8 Å². The molecule has 0 radical (unpaired) electrons. The highest BCUT2D eigenvalue weighted by molar-refractivity contribution is 5.01. The first kappa shape index (κ1) is 9.65. The average molecular weight is 195 g/mol. The number of aromatic nitrogens is 3. The number of aliphatic hydroxyl groups excluding tert-OH is 1. The molecule has 2 heterocycles. The first-order valence-electron chi connectivity index (χ1n) is 5.26. The first-order chi connectivity index (χ1) is 6.66. The van der Waals surface area contributed by atoms with E-state index in [1.54, 1.807) is 0 Å². The van der Waals surface area contributed by atoms with Crippen molar-refractivity contribution in [3.63, 3.8) is 0 Å². The predicted molar refractivity (Wildman–Crippen MR) is 52.9 cm³/mol. The molecule has 0 aromatic carbocycles. The maximum Gasteiger partial charge on any atom is 0.135 e. The number of nitrogens with zero attached hydrogens (tertiary/aromatic N) is 3. The minimum atomic E-state index is -0.224. The van der Waals surface area contributed by atoms with Crippen molar-refractivity contribution in [3.8, 4) is 0 Å². The van der Waals surface area contributed by atoms with Crippen LogP contribution in [0, 0.1) is 5.92 Å². The van der Waals surface area contributed by atoms with Crippen LogP contribution in [0.15, 0.2) is 0 Å². The lowest BCUT2D eigenvalue weighted by molar-refractivity contribution is 0.141. The van der Waals surface area contributed by atoms with Crippen LogP contribution in [0.25, 0.3) is 0 Å². The Hall–Kier alpha value is -0.900. The Kier molecular flexibility index (Phi) is 2.54. The summed E-state index contributed by atoms with van der Waals surface area (Å²) in [5.74, 6) is 2.62. The fraction of sp³-hybridized carbons (Fsp3) is 0.800. The van der Waals surface area contributed by atoms with Crippen LogP contribution in [0.2, 0.25) is 0 Å². The SMILES string of the molecule is CC(C)Cc1nnc2n1CCC(O)C2. The van der Waals surface area contributed by atoms with E-state index in [9.17, 15) is 5.11 Å². The Labute approximate surface area is 84.0 Å². The van der Waals surface area contributed by atoms with Gasteiger partial charge in [-0.05, 0) is 12.3 Å². The summed E-state index contributed by atoms with van der Waals surface area (Å²) in [6.07, 6.45) is 2.24. The summed E-state index contributed by atoms with van der Waals surface area (Å²) in [4.78, 5) is 0. The first-order valence-corrected chi connectivity index (χ1v) is 5.26. The zero-order chi connectivity index (χ0) is 10.1. The molecule has 0 saturated heterocycles. The highest BCUT2D eigenvalue weighted by Crippen LogP contribution is 2.16. The molecule has 0 spiro atoms. The number of fused-ring (bicyclic) bond motifs is 1. The molecule has 78 valence electrons. The van der Waals surface area contributed by atoms with Crippen molar-refractivity contribution in [2.24, 2.45) is 5.92 Å². The molecule has 0 amide bonds. The molecule has 1 N–H and O–H groups in total. The largest absolute Gasteiger partial charge is 0.393 e. The average Bonchev–Trinajstić information content (AvgIpc) is 2.47. The summed E-state index contributed by atoms with van der Waals surface area (Å²) >= 11 is 0. The minimum absolute atomic E-state index is 0.224. The molecule has 1 unspecified atom stereocenters. The summed E-state index contributed by atoms with van der Waals surface area (Å²) in [6, 6.07) is 0. The maximum atomic E-state index is 9.47. The van der Waals surface area contributed by atoms with Crippen LogP contribution in [-0.4, -0.2) is 26.0 Å². The summed E-state index contributed by atoms with van der Waals surface area (Å²) in [7, 11) is 0. The van der Waals surface area contributed by atoms with Crippen molar-refractivity contribution in [2.75, 3.05) is 0 Å². The van der Waals surface area contributed by atoms with Crippen LogP contribution in [0.4, 0.5) is 0 Å². The molecule has 0 fully saturated rings. The van der Waals surface area contributed by atoms with E-state index in [2.05, 4.69) is 28.6 Å². The summed E-state index contributed by atoms with van der Waals surface area (Å²) in [6.45, 7) is 5.23. The van der Waals surface area contributed by atoms with E-state index in [4.69, 9.17) is 0 Å². The molecule has 0 saturated carbocycles. The Balaban J connectivity index is 2.20. The van der Waals surface area contributed by atoms with Gasteiger partial charge >= 0.3 is 0 Å². The van der Waals surface area contributed by atoms with E-state index < -0.39 is 0 Å². The lowest BCUT2D eigenvalue weighted by Gasteiger charge is -2.19. The fourth-order valence-corrected chi connectivity index (χ4v) is 1.89. The van der Waals surface area contributed by atoms with Gasteiger partial charge in [0.25, 0.3) is 0 Å². The van der Waals surface area contributed by atoms with Crippen LogP contribution in [0.5, 0.6) is 0 Å². The summed E-state index contributed by atoms with van der Waals surface area (Å²) in [5.41, 5.74) is 0. The second kappa shape index (κ2) is 3.69. The third-order valence-electron chi connectivity index (χ3n) is 2.60. The second-order valence-electron chi connectivity index (χ2n) is 4.43. The van der Waals surface area contributed by atoms with Gasteiger partial charge in [0.05, 0.1) is 6.10 Å². The van der Waals surface area contributed by atoms with Gasteiger partial charge < -0.3 is 9.67 Å². The van der Waals surface area contributed by atoms with E-state index in [1.165, 1.54) is 0 Å². The smallest absolute Gasteiger partial charge is 0.135 e. The summed E-state index contributed by atoms with van der Waals surface area (Å²) < 4.78 is 2.16. The maximum absolute atomic E-state index is 9.47. The van der Waals surface area contributed by atoms with Crippen LogP contribution < -0.4 is 0 Å². The van der Waals surface area contributed by atoms with Gasteiger partial charge in [0, 0.05) is 19.4 Å². The third-order valence-corrected chi connectivity index (χ3v) is 2.60. The van der Waals surface area contributed by atoms with Crippen molar-refractivity contribution in [1.29, 1.82) is 0 Å². The zero-order valence-corrected chi connectivity index (χ0v) is 8.77. The van der Waals surface area contributed by atoms with Crippen molar-refractivity contribution >= 4 is 0 Å². The molecule has 2 rings (SSSR count).